The molecule has 4 N–H and O–H groups in total. The lowest BCUT2D eigenvalue weighted by atomic mass is 9.93. The van der Waals surface area contributed by atoms with Crippen LogP contribution < -0.4 is 11.5 Å². The Morgan fingerprint density at radius 1 is 0.469 bits per heavy atom. The molecule has 0 aliphatic carbocycles. The fourth-order valence-electron chi connectivity index (χ4n) is 3.68. The summed E-state index contributed by atoms with van der Waals surface area (Å²) in [6.45, 7) is 0. The average Bonchev–Trinajstić information content (AvgIpc) is 2.71. The van der Waals surface area contributed by atoms with Gasteiger partial charge in [-0.2, -0.15) is 26.3 Å². The Hall–Kier alpha value is -3.68. The third kappa shape index (κ3) is 4.08. The van der Waals surface area contributed by atoms with E-state index >= 15 is 0 Å². The van der Waals surface area contributed by atoms with Crippen LogP contribution in [0.1, 0.15) is 11.1 Å². The Bertz CT molecular complexity index is 1220. The molecule has 0 unspecified atom stereocenters. The van der Waals surface area contributed by atoms with Crippen molar-refractivity contribution < 1.29 is 26.3 Å². The van der Waals surface area contributed by atoms with Crippen LogP contribution in [0, 0.1) is 0 Å². The average molecular weight is 446 g/mol. The molecule has 0 amide bonds. The van der Waals surface area contributed by atoms with Crippen molar-refractivity contribution in [3.8, 4) is 22.3 Å². The van der Waals surface area contributed by atoms with Crippen LogP contribution in [0.25, 0.3) is 33.0 Å². The second-order valence-electron chi connectivity index (χ2n) is 7.38. The van der Waals surface area contributed by atoms with Crippen LogP contribution >= 0.6 is 0 Å². The Kier molecular flexibility index (Phi) is 5.03. The SMILES string of the molecule is Nc1ccc(-c2ccc3cc(-c4ccc(N)cc4C(F)(F)F)ccc3c2)c(C(F)(F)F)c1. The molecule has 0 fully saturated rings. The first-order valence-electron chi connectivity index (χ1n) is 9.41. The number of alkyl halides is 6. The fraction of sp³-hybridized carbons (Fsp3) is 0.0833. The van der Waals surface area contributed by atoms with Crippen LogP contribution in [0.2, 0.25) is 0 Å². The van der Waals surface area contributed by atoms with Crippen molar-refractivity contribution in [2.45, 2.75) is 12.4 Å². The summed E-state index contributed by atoms with van der Waals surface area (Å²) >= 11 is 0. The van der Waals surface area contributed by atoms with Gasteiger partial charge in [0.05, 0.1) is 11.1 Å². The zero-order valence-corrected chi connectivity index (χ0v) is 16.4. The maximum Gasteiger partial charge on any atom is 0.417 e. The van der Waals surface area contributed by atoms with Gasteiger partial charge in [-0.25, -0.2) is 0 Å². The lowest BCUT2D eigenvalue weighted by Gasteiger charge is -2.16. The number of benzene rings is 4. The first-order chi connectivity index (χ1) is 14.9. The molecule has 2 nitrogen and oxygen atoms in total. The van der Waals surface area contributed by atoms with Gasteiger partial charge >= 0.3 is 12.4 Å². The van der Waals surface area contributed by atoms with Gasteiger partial charge < -0.3 is 11.5 Å². The summed E-state index contributed by atoms with van der Waals surface area (Å²) in [7, 11) is 0. The number of halogens is 6. The van der Waals surface area contributed by atoms with Crippen molar-refractivity contribution in [1.82, 2.24) is 0 Å². The Morgan fingerprint density at radius 2 is 0.844 bits per heavy atom. The van der Waals surface area contributed by atoms with Gasteiger partial charge in [0, 0.05) is 11.4 Å². The standard InChI is InChI=1S/C24H16F6N2/c25-23(26,27)21-11-17(31)5-7-19(21)15-3-1-13-9-16(4-2-14(13)10-15)20-8-6-18(32)12-22(20)24(28,29)30/h1-12H,31-32H2. The monoisotopic (exact) mass is 446 g/mol. The highest BCUT2D eigenvalue weighted by Crippen LogP contribution is 2.41. The van der Waals surface area contributed by atoms with Gasteiger partial charge in [-0.05, 0) is 69.4 Å². The van der Waals surface area contributed by atoms with Gasteiger partial charge in [0.1, 0.15) is 0 Å². The molecule has 0 aromatic heterocycles. The number of fused-ring (bicyclic) bond motifs is 1. The summed E-state index contributed by atoms with van der Waals surface area (Å²) in [5.74, 6) is 0. The first kappa shape index (κ1) is 21.5. The molecule has 32 heavy (non-hydrogen) atoms. The highest BCUT2D eigenvalue weighted by Gasteiger charge is 2.35. The summed E-state index contributed by atoms with van der Waals surface area (Å²) in [6, 6.07) is 16.4. The van der Waals surface area contributed by atoms with E-state index in [4.69, 9.17) is 11.5 Å². The Morgan fingerprint density at radius 3 is 1.19 bits per heavy atom. The van der Waals surface area contributed by atoms with Crippen molar-refractivity contribution in [2.24, 2.45) is 0 Å². The number of rotatable bonds is 2. The molecule has 8 heteroatoms. The molecule has 0 radical (unpaired) electrons. The number of hydrogen-bond donors (Lipinski definition) is 2. The predicted molar refractivity (Wildman–Crippen MR) is 114 cm³/mol. The summed E-state index contributed by atoms with van der Waals surface area (Å²) in [5.41, 5.74) is 9.91. The third-order valence-electron chi connectivity index (χ3n) is 5.16. The maximum atomic E-state index is 13.5. The topological polar surface area (TPSA) is 52.0 Å². The number of hydrogen-bond acceptors (Lipinski definition) is 2. The molecule has 0 saturated heterocycles. The Balaban J connectivity index is 1.83. The summed E-state index contributed by atoms with van der Waals surface area (Å²) < 4.78 is 80.8. The maximum absolute atomic E-state index is 13.5. The van der Waals surface area contributed by atoms with Crippen LogP contribution in [0.15, 0.2) is 72.8 Å². The first-order valence-corrected chi connectivity index (χ1v) is 9.41. The molecular formula is C24H16F6N2. The molecule has 0 heterocycles. The molecule has 4 rings (SSSR count). The van der Waals surface area contributed by atoms with Crippen LogP contribution in [-0.2, 0) is 12.4 Å². The lowest BCUT2D eigenvalue weighted by Crippen LogP contribution is -2.08. The van der Waals surface area contributed by atoms with E-state index in [9.17, 15) is 26.3 Å². The second-order valence-corrected chi connectivity index (χ2v) is 7.38. The van der Waals surface area contributed by atoms with E-state index in [1.807, 2.05) is 0 Å². The van der Waals surface area contributed by atoms with Crippen LogP contribution in [0.4, 0.5) is 37.7 Å². The van der Waals surface area contributed by atoms with Crippen molar-refractivity contribution in [3.63, 3.8) is 0 Å². The second kappa shape index (κ2) is 7.47. The molecule has 164 valence electrons. The van der Waals surface area contributed by atoms with Gasteiger partial charge in [0.2, 0.25) is 0 Å². The molecule has 4 aromatic rings. The minimum absolute atomic E-state index is 0.00419. The summed E-state index contributed by atoms with van der Waals surface area (Å²) in [5, 5.41) is 1.17. The molecule has 0 bridgehead atoms. The van der Waals surface area contributed by atoms with E-state index in [2.05, 4.69) is 0 Å². The van der Waals surface area contributed by atoms with Crippen molar-refractivity contribution >= 4 is 22.1 Å². The van der Waals surface area contributed by atoms with E-state index in [0.717, 1.165) is 12.1 Å². The van der Waals surface area contributed by atoms with Gasteiger partial charge in [-0.15, -0.1) is 0 Å². The lowest BCUT2D eigenvalue weighted by molar-refractivity contribution is -0.137. The molecular weight excluding hydrogens is 430 g/mol. The van der Waals surface area contributed by atoms with Gasteiger partial charge in [0.15, 0.2) is 0 Å². The van der Waals surface area contributed by atoms with Crippen molar-refractivity contribution in [2.75, 3.05) is 11.5 Å². The quantitative estimate of drug-likeness (QED) is 0.249. The highest BCUT2D eigenvalue weighted by molar-refractivity contribution is 5.92. The van der Waals surface area contributed by atoms with Gasteiger partial charge in [-0.3, -0.25) is 0 Å². The number of anilines is 2. The minimum Gasteiger partial charge on any atom is -0.399 e. The van der Waals surface area contributed by atoms with Gasteiger partial charge in [-0.1, -0.05) is 36.4 Å². The van der Waals surface area contributed by atoms with E-state index in [-0.39, 0.29) is 22.5 Å². The van der Waals surface area contributed by atoms with E-state index in [1.54, 1.807) is 24.3 Å². The van der Waals surface area contributed by atoms with Gasteiger partial charge in [0.25, 0.3) is 0 Å². The molecule has 0 saturated carbocycles. The van der Waals surface area contributed by atoms with E-state index < -0.39 is 23.5 Å². The smallest absolute Gasteiger partial charge is 0.399 e. The van der Waals surface area contributed by atoms with Crippen molar-refractivity contribution in [1.29, 1.82) is 0 Å². The van der Waals surface area contributed by atoms with Crippen LogP contribution in [0.3, 0.4) is 0 Å². The predicted octanol–water partition coefficient (Wildman–Crippen LogP) is 7.38. The molecule has 0 atom stereocenters. The highest BCUT2D eigenvalue weighted by atomic mass is 19.4. The normalized spacial score (nSPS) is 12.3. The number of nitrogen functional groups attached to an aromatic ring is 2. The third-order valence-corrected chi connectivity index (χ3v) is 5.16. The van der Waals surface area contributed by atoms with E-state index in [0.29, 0.717) is 21.9 Å². The largest absolute Gasteiger partial charge is 0.417 e. The number of nitrogens with two attached hydrogens (primary N) is 2. The molecule has 4 aromatic carbocycles. The fourth-order valence-corrected chi connectivity index (χ4v) is 3.68. The molecule has 0 aliphatic rings. The zero-order valence-electron chi connectivity index (χ0n) is 16.4. The summed E-state index contributed by atoms with van der Waals surface area (Å²) in [4.78, 5) is 0. The summed E-state index contributed by atoms with van der Waals surface area (Å²) in [6.07, 6.45) is -9.18. The van der Waals surface area contributed by atoms with E-state index in [1.165, 1.54) is 36.4 Å². The zero-order chi connectivity index (χ0) is 23.3. The Labute approximate surface area is 179 Å². The van der Waals surface area contributed by atoms with Crippen molar-refractivity contribution in [3.05, 3.63) is 83.9 Å². The van der Waals surface area contributed by atoms with Crippen LogP contribution in [0.5, 0.6) is 0 Å². The van der Waals surface area contributed by atoms with Crippen LogP contribution in [-0.4, -0.2) is 0 Å². The minimum atomic E-state index is -4.59. The molecule has 0 aliphatic heterocycles. The molecule has 0 spiro atoms.